The summed E-state index contributed by atoms with van der Waals surface area (Å²) in [4.78, 5) is 50.6. The van der Waals surface area contributed by atoms with Crippen molar-refractivity contribution in [2.24, 2.45) is 29.4 Å². The van der Waals surface area contributed by atoms with Crippen molar-refractivity contribution in [3.05, 3.63) is 12.2 Å². The Morgan fingerprint density at radius 3 is 2.57 bits per heavy atom. The maximum atomic E-state index is 13.2. The van der Waals surface area contributed by atoms with E-state index in [1.165, 1.54) is 18.4 Å². The minimum absolute atomic E-state index is 0.0127. The normalized spacial score (nSPS) is 31.6. The number of likely N-dealkylation sites (tertiary alicyclic amines) is 1. The highest BCUT2D eigenvalue weighted by molar-refractivity contribution is 5.91. The van der Waals surface area contributed by atoms with Crippen LogP contribution in [0.5, 0.6) is 0 Å². The Kier molecular flexibility index (Phi) is 8.34. The number of nitrogens with two attached hydrogens (primary N) is 1. The van der Waals surface area contributed by atoms with E-state index in [0.29, 0.717) is 37.1 Å². The number of hydrogen-bond acceptors (Lipinski definition) is 6. The fourth-order valence-corrected chi connectivity index (χ4v) is 5.78. The molecule has 2 unspecified atom stereocenters. The molecule has 1 saturated heterocycles. The van der Waals surface area contributed by atoms with Crippen LogP contribution >= 0.6 is 0 Å². The zero-order chi connectivity index (χ0) is 24.9. The first-order valence-electron chi connectivity index (χ1n) is 13.2. The molecule has 9 heteroatoms. The average Bonchev–Trinajstić information content (AvgIpc) is 3.66. The first-order valence-corrected chi connectivity index (χ1v) is 13.2. The van der Waals surface area contributed by atoms with Gasteiger partial charge in [-0.3, -0.25) is 14.4 Å². The number of fused-ring (bicyclic) bond motifs is 1. The lowest BCUT2D eigenvalue weighted by atomic mass is 10.0. The first-order chi connectivity index (χ1) is 16.9. The molecule has 0 aromatic heterocycles. The lowest BCUT2D eigenvalue weighted by Crippen LogP contribution is -2.53. The summed E-state index contributed by atoms with van der Waals surface area (Å²) in [7, 11) is 1.42. The predicted octanol–water partition coefficient (Wildman–Crippen LogP) is 2.67. The average molecular weight is 490 g/mol. The summed E-state index contributed by atoms with van der Waals surface area (Å²) in [6, 6.07) is -1.33. The maximum absolute atomic E-state index is 13.2. The van der Waals surface area contributed by atoms with Crippen molar-refractivity contribution < 1.29 is 28.7 Å². The van der Waals surface area contributed by atoms with Crippen LogP contribution in [0.25, 0.3) is 0 Å². The van der Waals surface area contributed by atoms with Gasteiger partial charge in [-0.25, -0.2) is 4.79 Å². The van der Waals surface area contributed by atoms with Crippen molar-refractivity contribution in [2.45, 2.75) is 88.8 Å². The highest BCUT2D eigenvalue weighted by Gasteiger charge is 2.47. The van der Waals surface area contributed by atoms with E-state index in [2.05, 4.69) is 17.5 Å². The Bertz CT molecular complexity index is 835. The molecule has 9 nitrogen and oxygen atoms in total. The molecule has 194 valence electrons. The van der Waals surface area contributed by atoms with Gasteiger partial charge in [-0.1, -0.05) is 25.0 Å². The maximum Gasteiger partial charge on any atom is 0.408 e. The number of unbranched alkanes of at least 4 members (excludes halogenated alkanes) is 3. The molecular weight excluding hydrogens is 450 g/mol. The van der Waals surface area contributed by atoms with Gasteiger partial charge in [-0.15, -0.1) is 0 Å². The van der Waals surface area contributed by atoms with Crippen molar-refractivity contribution in [3.8, 4) is 0 Å². The summed E-state index contributed by atoms with van der Waals surface area (Å²) in [6.45, 7) is 0.476. The van der Waals surface area contributed by atoms with Crippen LogP contribution in [0.2, 0.25) is 0 Å². The third-order valence-electron chi connectivity index (χ3n) is 8.02. The van der Waals surface area contributed by atoms with Gasteiger partial charge in [0.25, 0.3) is 0 Å². The SMILES string of the molecule is COC(=O)[C@H]1CC1/C=C\CCCCC[C@H](NC(=O)OC1C[C@@H]2C[C@@H]2C1)C(=O)N1CCC[C@H]1C(N)=O. The Hall–Kier alpha value is -2.58. The second-order valence-corrected chi connectivity index (χ2v) is 10.6. The molecule has 0 spiro atoms. The molecule has 3 N–H and O–H groups in total. The lowest BCUT2D eigenvalue weighted by Gasteiger charge is -2.28. The number of esters is 1. The Morgan fingerprint density at radius 1 is 1.09 bits per heavy atom. The van der Waals surface area contributed by atoms with Crippen LogP contribution in [0.1, 0.15) is 70.6 Å². The minimum Gasteiger partial charge on any atom is -0.469 e. The molecule has 3 amide bonds. The molecule has 3 saturated carbocycles. The van der Waals surface area contributed by atoms with Crippen LogP contribution < -0.4 is 11.1 Å². The van der Waals surface area contributed by atoms with E-state index >= 15 is 0 Å². The van der Waals surface area contributed by atoms with E-state index in [1.807, 2.05) is 0 Å². The van der Waals surface area contributed by atoms with E-state index in [1.54, 1.807) is 0 Å². The molecule has 1 heterocycles. The molecule has 4 rings (SSSR count). The number of methoxy groups -OCH3 is 1. The van der Waals surface area contributed by atoms with Crippen LogP contribution in [-0.2, 0) is 23.9 Å². The number of allylic oxidation sites excluding steroid dienone is 2. The number of hydrogen-bond donors (Lipinski definition) is 2. The summed E-state index contributed by atoms with van der Waals surface area (Å²) in [6.07, 6.45) is 12.8. The third kappa shape index (κ3) is 6.76. The number of alkyl carbamates (subject to hydrolysis) is 1. The summed E-state index contributed by atoms with van der Waals surface area (Å²) in [5.74, 6) is 0.822. The van der Waals surface area contributed by atoms with E-state index in [-0.39, 0.29) is 23.9 Å². The predicted molar refractivity (Wildman–Crippen MR) is 128 cm³/mol. The van der Waals surface area contributed by atoms with E-state index in [9.17, 15) is 19.2 Å². The zero-order valence-electron chi connectivity index (χ0n) is 20.7. The number of nitrogens with one attached hydrogen (secondary N) is 1. The number of rotatable bonds is 12. The highest BCUT2D eigenvalue weighted by Crippen LogP contribution is 2.52. The van der Waals surface area contributed by atoms with Gasteiger partial charge in [-0.2, -0.15) is 0 Å². The Morgan fingerprint density at radius 2 is 1.86 bits per heavy atom. The molecule has 0 radical (unpaired) electrons. The number of amides is 3. The van der Waals surface area contributed by atoms with Gasteiger partial charge < -0.3 is 25.4 Å². The molecule has 1 aliphatic heterocycles. The standard InChI is InChI=1S/C26H39N3O6/c1-34-25(32)20-15-16(20)8-5-3-2-4-6-9-21(24(31)29-11-7-10-22(29)23(27)30)28-26(33)35-19-13-17-12-18(17)14-19/h5,8,16-22H,2-4,6-7,9-15H2,1H3,(H2,27,30)(H,28,33)/b8-5-/t16?,17-,18+,19?,20-,21-,22-/m0/s1. The molecule has 3 aliphatic carbocycles. The van der Waals surface area contributed by atoms with Gasteiger partial charge in [0.1, 0.15) is 18.2 Å². The van der Waals surface area contributed by atoms with Gasteiger partial charge in [0.15, 0.2) is 0 Å². The molecule has 0 aromatic carbocycles. The monoisotopic (exact) mass is 489 g/mol. The molecular formula is C26H39N3O6. The van der Waals surface area contributed by atoms with Crippen LogP contribution in [0.3, 0.4) is 0 Å². The molecule has 0 bridgehead atoms. The Labute approximate surface area is 207 Å². The molecule has 35 heavy (non-hydrogen) atoms. The third-order valence-corrected chi connectivity index (χ3v) is 8.02. The van der Waals surface area contributed by atoms with Gasteiger partial charge >= 0.3 is 12.1 Å². The van der Waals surface area contributed by atoms with Gasteiger partial charge in [-0.05, 0) is 75.5 Å². The summed E-state index contributed by atoms with van der Waals surface area (Å²) in [5, 5.41) is 2.79. The molecule has 0 aromatic rings. The summed E-state index contributed by atoms with van der Waals surface area (Å²) in [5.41, 5.74) is 5.50. The van der Waals surface area contributed by atoms with Crippen molar-refractivity contribution in [1.29, 1.82) is 0 Å². The van der Waals surface area contributed by atoms with E-state index < -0.39 is 24.1 Å². The quantitative estimate of drug-likeness (QED) is 0.246. The second-order valence-electron chi connectivity index (χ2n) is 10.6. The van der Waals surface area contributed by atoms with E-state index in [0.717, 1.165) is 51.4 Å². The lowest BCUT2D eigenvalue weighted by molar-refractivity contribution is -0.142. The second kappa shape index (κ2) is 11.4. The Balaban J connectivity index is 1.22. The van der Waals surface area contributed by atoms with Crippen LogP contribution in [-0.4, -0.2) is 60.6 Å². The fraction of sp³-hybridized carbons (Fsp3) is 0.769. The molecule has 7 atom stereocenters. The van der Waals surface area contributed by atoms with Crippen molar-refractivity contribution in [2.75, 3.05) is 13.7 Å². The topological polar surface area (TPSA) is 128 Å². The largest absolute Gasteiger partial charge is 0.469 e. The summed E-state index contributed by atoms with van der Waals surface area (Å²) < 4.78 is 10.4. The number of carbonyl (C=O) groups excluding carboxylic acids is 4. The zero-order valence-corrected chi connectivity index (χ0v) is 20.7. The minimum atomic E-state index is -0.721. The number of nitrogens with zero attached hydrogens (tertiary/aromatic N) is 1. The molecule has 4 aliphatic rings. The highest BCUT2D eigenvalue weighted by atomic mass is 16.6. The number of ether oxygens (including phenoxy) is 2. The van der Waals surface area contributed by atoms with Gasteiger partial charge in [0.05, 0.1) is 13.0 Å². The van der Waals surface area contributed by atoms with Crippen LogP contribution in [0.4, 0.5) is 4.79 Å². The van der Waals surface area contributed by atoms with Crippen molar-refractivity contribution in [3.63, 3.8) is 0 Å². The first kappa shape index (κ1) is 25.5. The van der Waals surface area contributed by atoms with Gasteiger partial charge in [0, 0.05) is 6.54 Å². The molecule has 4 fully saturated rings. The van der Waals surface area contributed by atoms with Crippen molar-refractivity contribution in [1.82, 2.24) is 10.2 Å². The van der Waals surface area contributed by atoms with E-state index in [4.69, 9.17) is 15.2 Å². The summed E-state index contributed by atoms with van der Waals surface area (Å²) >= 11 is 0. The fourth-order valence-electron chi connectivity index (χ4n) is 5.78. The van der Waals surface area contributed by atoms with Crippen molar-refractivity contribution >= 4 is 23.9 Å². The smallest absolute Gasteiger partial charge is 0.408 e. The number of primary amides is 1. The van der Waals surface area contributed by atoms with Gasteiger partial charge in [0.2, 0.25) is 11.8 Å². The van der Waals surface area contributed by atoms with Crippen LogP contribution in [0.15, 0.2) is 12.2 Å². The number of carbonyl (C=O) groups is 4. The van der Waals surface area contributed by atoms with Crippen LogP contribution in [0, 0.1) is 23.7 Å².